The Bertz CT molecular complexity index is 2130. The molecule has 0 radical (unpaired) electrons. The van der Waals surface area contributed by atoms with Crippen LogP contribution in [0.3, 0.4) is 0 Å². The van der Waals surface area contributed by atoms with E-state index in [1.165, 1.54) is 60.7 Å². The molecule has 6 rings (SSSR count). The minimum atomic E-state index is -0.827. The first-order valence-corrected chi connectivity index (χ1v) is 15.3. The van der Waals surface area contributed by atoms with E-state index in [9.17, 15) is 32.2 Å². The van der Waals surface area contributed by atoms with Crippen molar-refractivity contribution in [3.05, 3.63) is 154 Å². The number of aromatic hydroxyl groups is 2. The lowest BCUT2D eigenvalue weighted by molar-refractivity contribution is 0.318. The zero-order chi connectivity index (χ0) is 37.7. The summed E-state index contributed by atoms with van der Waals surface area (Å²) in [4.78, 5) is 0. The molecule has 0 spiro atoms. The van der Waals surface area contributed by atoms with Crippen LogP contribution in [0.15, 0.2) is 120 Å². The quantitative estimate of drug-likeness (QED) is 0.0330. The van der Waals surface area contributed by atoms with Crippen LogP contribution in [0.25, 0.3) is 44.5 Å². The van der Waals surface area contributed by atoms with E-state index in [0.29, 0.717) is 33.9 Å². The van der Waals surface area contributed by atoms with Gasteiger partial charge in [0.2, 0.25) is 0 Å². The van der Waals surface area contributed by atoms with Gasteiger partial charge >= 0.3 is 0 Å². The molecule has 0 amide bonds. The van der Waals surface area contributed by atoms with Crippen molar-refractivity contribution in [3.8, 4) is 56.0 Å². The third kappa shape index (κ3) is 8.22. The topological polar surface area (TPSA) is 158 Å². The average molecular weight is 733 g/mol. The molecular weight excluding hydrogens is 707 g/mol. The van der Waals surface area contributed by atoms with Gasteiger partial charge in [0.05, 0.1) is 0 Å². The minimum absolute atomic E-state index is 0.000149. The normalized spacial score (nSPS) is 11.6. The maximum absolute atomic E-state index is 14.2. The molecule has 264 valence electrons. The zero-order valence-electron chi connectivity index (χ0n) is 26.5. The molecule has 0 bridgehead atoms. The first-order valence-electron chi connectivity index (χ1n) is 14.9. The van der Waals surface area contributed by atoms with Crippen LogP contribution in [0.5, 0.6) is 11.5 Å². The Morgan fingerprint density at radius 3 is 1.17 bits per heavy atom. The second-order valence-electron chi connectivity index (χ2n) is 11.1. The molecule has 14 heteroatoms. The van der Waals surface area contributed by atoms with Crippen LogP contribution < -0.4 is 11.5 Å². The van der Waals surface area contributed by atoms with Gasteiger partial charge in [0.15, 0.2) is 11.7 Å². The molecule has 0 saturated heterocycles. The second-order valence-corrected chi connectivity index (χ2v) is 11.6. The van der Waals surface area contributed by atoms with Crippen LogP contribution in [0.4, 0.5) is 22.0 Å². The molecule has 0 aliphatic carbocycles. The van der Waals surface area contributed by atoms with Gasteiger partial charge in [-0.3, -0.25) is 0 Å². The number of benzene rings is 6. The fourth-order valence-corrected chi connectivity index (χ4v) is 5.70. The third-order valence-electron chi connectivity index (χ3n) is 7.63. The summed E-state index contributed by atoms with van der Waals surface area (Å²) >= 11 is 5.96. The predicted molar refractivity (Wildman–Crippen MR) is 188 cm³/mol. The number of oxime groups is 2. The van der Waals surface area contributed by atoms with E-state index >= 15 is 0 Å². The Morgan fingerprint density at radius 2 is 0.808 bits per heavy atom. The molecule has 8 nitrogen and oxygen atoms in total. The molecule has 8 N–H and O–H groups in total. The van der Waals surface area contributed by atoms with Crippen molar-refractivity contribution in [2.24, 2.45) is 21.8 Å². The summed E-state index contributed by atoms with van der Waals surface area (Å²) in [5.74, 6) is -4.26. The van der Waals surface area contributed by atoms with Gasteiger partial charge in [-0.1, -0.05) is 46.2 Å². The minimum Gasteiger partial charge on any atom is -0.508 e. The van der Waals surface area contributed by atoms with Crippen molar-refractivity contribution in [1.29, 1.82) is 0 Å². The molecular formula is C38H26ClF5N4O4. The molecule has 6 aromatic carbocycles. The van der Waals surface area contributed by atoms with Crippen molar-refractivity contribution in [2.45, 2.75) is 0 Å². The maximum Gasteiger partial charge on any atom is 0.170 e. The first-order chi connectivity index (χ1) is 24.8. The van der Waals surface area contributed by atoms with Crippen molar-refractivity contribution in [1.82, 2.24) is 0 Å². The van der Waals surface area contributed by atoms with Crippen LogP contribution in [0.2, 0.25) is 5.02 Å². The summed E-state index contributed by atoms with van der Waals surface area (Å²) in [5.41, 5.74) is 14.0. The fourth-order valence-electron chi connectivity index (χ4n) is 5.48. The highest BCUT2D eigenvalue weighted by molar-refractivity contribution is 6.31. The van der Waals surface area contributed by atoms with Crippen molar-refractivity contribution in [2.75, 3.05) is 0 Å². The Hall–Kier alpha value is -6.60. The summed E-state index contributed by atoms with van der Waals surface area (Å²) < 4.78 is 69.7. The van der Waals surface area contributed by atoms with Gasteiger partial charge in [0.1, 0.15) is 40.6 Å². The summed E-state index contributed by atoms with van der Waals surface area (Å²) in [6, 6.07) is 23.0. The number of phenols is 2. The molecule has 0 aliphatic heterocycles. The van der Waals surface area contributed by atoms with E-state index in [-0.39, 0.29) is 50.2 Å². The Balaban J connectivity index is 0.000000201. The smallest absolute Gasteiger partial charge is 0.170 e. The molecule has 0 atom stereocenters. The third-order valence-corrected chi connectivity index (χ3v) is 7.85. The number of hydrogen-bond donors (Lipinski definition) is 6. The number of halogens is 6. The summed E-state index contributed by atoms with van der Waals surface area (Å²) in [6.07, 6.45) is 0. The second kappa shape index (κ2) is 15.5. The van der Waals surface area contributed by atoms with Gasteiger partial charge in [0.25, 0.3) is 0 Å². The van der Waals surface area contributed by atoms with Crippen molar-refractivity contribution < 1.29 is 42.6 Å². The highest BCUT2D eigenvalue weighted by Crippen LogP contribution is 2.39. The number of nitrogens with zero attached hydrogens (tertiary/aromatic N) is 2. The molecule has 0 aliphatic rings. The van der Waals surface area contributed by atoms with Gasteiger partial charge in [0, 0.05) is 33.3 Å². The lowest BCUT2D eigenvalue weighted by Crippen LogP contribution is -2.15. The Labute approximate surface area is 297 Å². The van der Waals surface area contributed by atoms with Gasteiger partial charge in [-0.05, 0) is 112 Å². The number of phenolic OH excluding ortho intramolecular Hbond substituents is 2. The van der Waals surface area contributed by atoms with Gasteiger partial charge in [-0.15, -0.1) is 0 Å². The van der Waals surface area contributed by atoms with Gasteiger partial charge < -0.3 is 32.1 Å². The fraction of sp³-hybridized carbons (Fsp3) is 0. The summed E-state index contributed by atoms with van der Waals surface area (Å²) in [7, 11) is 0. The van der Waals surface area contributed by atoms with E-state index in [0.717, 1.165) is 30.3 Å². The van der Waals surface area contributed by atoms with E-state index in [4.69, 9.17) is 33.5 Å². The molecule has 0 heterocycles. The van der Waals surface area contributed by atoms with Crippen LogP contribution >= 0.6 is 11.6 Å². The van der Waals surface area contributed by atoms with Crippen LogP contribution in [-0.4, -0.2) is 32.3 Å². The van der Waals surface area contributed by atoms with Gasteiger partial charge in [-0.2, -0.15) is 0 Å². The number of rotatable bonds is 6. The molecule has 6 aromatic rings. The number of hydrogen-bond acceptors (Lipinski definition) is 6. The standard InChI is InChI=1S/C19H13ClF2N2O2.C19H13F3N2O2/c2*20-12-5-11(6-13(21)7-12)18-16(10-1-3-15(25)4-2-10)8-14(22)9-17(18)19(23)24-26/h2*1-9,25-26H,(H2,23,24). The van der Waals surface area contributed by atoms with Crippen LogP contribution in [0.1, 0.15) is 11.1 Å². The molecule has 0 unspecified atom stereocenters. The molecule has 0 fully saturated rings. The summed E-state index contributed by atoms with van der Waals surface area (Å²) in [5, 5.41) is 43.0. The lowest BCUT2D eigenvalue weighted by atomic mass is 9.89. The van der Waals surface area contributed by atoms with Crippen molar-refractivity contribution >= 4 is 23.3 Å². The van der Waals surface area contributed by atoms with Crippen LogP contribution in [0, 0.1) is 29.1 Å². The van der Waals surface area contributed by atoms with E-state index in [2.05, 4.69) is 10.3 Å². The number of nitrogens with two attached hydrogens (primary N) is 2. The molecule has 0 aromatic heterocycles. The van der Waals surface area contributed by atoms with E-state index in [1.807, 2.05) is 0 Å². The summed E-state index contributed by atoms with van der Waals surface area (Å²) in [6.45, 7) is 0. The maximum atomic E-state index is 14.2. The average Bonchev–Trinajstić information content (AvgIpc) is 3.10. The van der Waals surface area contributed by atoms with Gasteiger partial charge in [-0.25, -0.2) is 22.0 Å². The Kier molecular flexibility index (Phi) is 10.9. The van der Waals surface area contributed by atoms with E-state index < -0.39 is 34.9 Å². The molecule has 52 heavy (non-hydrogen) atoms. The highest BCUT2D eigenvalue weighted by atomic mass is 35.5. The zero-order valence-corrected chi connectivity index (χ0v) is 27.3. The number of amidine groups is 2. The SMILES string of the molecule is NC(=NO)c1cc(F)cc(-c2ccc(O)cc2)c1-c1cc(F)cc(Cl)c1.NC(=NO)c1cc(F)cc(-c2ccc(O)cc2)c1-c1cc(F)cc(F)c1. The first kappa shape index (κ1) is 36.7. The van der Waals surface area contributed by atoms with Crippen LogP contribution in [-0.2, 0) is 0 Å². The van der Waals surface area contributed by atoms with E-state index in [1.54, 1.807) is 12.1 Å². The predicted octanol–water partition coefficient (Wildman–Crippen LogP) is 8.99. The van der Waals surface area contributed by atoms with Crippen molar-refractivity contribution in [3.63, 3.8) is 0 Å². The highest BCUT2D eigenvalue weighted by Gasteiger charge is 2.20. The Morgan fingerprint density at radius 1 is 0.462 bits per heavy atom. The largest absolute Gasteiger partial charge is 0.508 e. The molecule has 0 saturated carbocycles. The lowest BCUT2D eigenvalue weighted by Gasteiger charge is -2.16. The monoisotopic (exact) mass is 732 g/mol.